The van der Waals surface area contributed by atoms with Crippen LogP contribution in [0.15, 0.2) is 29.6 Å². The van der Waals surface area contributed by atoms with E-state index in [1.165, 1.54) is 12.1 Å². The Hall–Kier alpha value is -1.77. The van der Waals surface area contributed by atoms with E-state index < -0.39 is 35.4 Å². The topological polar surface area (TPSA) is 26.3 Å². The van der Waals surface area contributed by atoms with E-state index in [2.05, 4.69) is 4.74 Å². The first kappa shape index (κ1) is 15.1. The lowest BCUT2D eigenvalue weighted by molar-refractivity contribution is -0.357. The third-order valence-corrected chi connectivity index (χ3v) is 4.40. The molecule has 0 aliphatic carbocycles. The fourth-order valence-electron chi connectivity index (χ4n) is 2.22. The molecule has 2 heterocycles. The summed E-state index contributed by atoms with van der Waals surface area (Å²) in [7, 11) is 0. The molecule has 22 heavy (non-hydrogen) atoms. The van der Waals surface area contributed by atoms with Crippen LogP contribution in [0.5, 0.6) is 0 Å². The maximum absolute atomic E-state index is 13.9. The second-order valence-electron chi connectivity index (χ2n) is 4.74. The number of rotatable bonds is 1. The average molecular weight is 340 g/mol. The first-order valence-electron chi connectivity index (χ1n) is 5.91. The number of esters is 1. The molecule has 1 atom stereocenters. The predicted molar refractivity (Wildman–Crippen MR) is 65.5 cm³/mol. The van der Waals surface area contributed by atoms with Crippen LogP contribution in [0, 0.1) is 0 Å². The number of hydrogen-bond donors (Lipinski definition) is 0. The van der Waals surface area contributed by atoms with Gasteiger partial charge in [-0.2, -0.15) is 26.3 Å². The molecule has 9 heteroatoms. The number of carbonyl (C=O) groups is 1. The molecule has 0 saturated carbocycles. The number of fused-ring (bicyclic) bond motifs is 1. The predicted octanol–water partition coefficient (Wildman–Crippen LogP) is 4.41. The van der Waals surface area contributed by atoms with Gasteiger partial charge in [0.1, 0.15) is 0 Å². The van der Waals surface area contributed by atoms with Crippen LogP contribution in [0.3, 0.4) is 0 Å². The lowest BCUT2D eigenvalue weighted by Crippen LogP contribution is -2.65. The number of benzene rings is 1. The number of thiophene rings is 1. The zero-order valence-corrected chi connectivity index (χ0v) is 11.3. The third-order valence-electron chi connectivity index (χ3n) is 3.42. The fraction of sp³-hybridized carbons (Fsp3) is 0.308. The Bertz CT molecular complexity index is 754. The van der Waals surface area contributed by atoms with Gasteiger partial charge >= 0.3 is 23.7 Å². The summed E-state index contributed by atoms with van der Waals surface area (Å²) in [6, 6.07) is 5.96. The van der Waals surface area contributed by atoms with Crippen molar-refractivity contribution >= 4 is 27.4 Å². The summed E-state index contributed by atoms with van der Waals surface area (Å²) in [5, 5.41) is 1.24. The van der Waals surface area contributed by atoms with Crippen molar-refractivity contribution in [1.29, 1.82) is 0 Å². The van der Waals surface area contributed by atoms with Gasteiger partial charge in [0.15, 0.2) is 6.10 Å². The molecule has 0 spiro atoms. The van der Waals surface area contributed by atoms with Gasteiger partial charge in [0, 0.05) is 10.3 Å². The summed E-state index contributed by atoms with van der Waals surface area (Å²) in [6.45, 7) is 0. The minimum atomic E-state index is -5.84. The van der Waals surface area contributed by atoms with E-state index in [4.69, 9.17) is 0 Å². The number of hydrogen-bond acceptors (Lipinski definition) is 3. The highest BCUT2D eigenvalue weighted by molar-refractivity contribution is 7.17. The second kappa shape index (κ2) is 4.37. The minimum absolute atomic E-state index is 0.144. The first-order valence-corrected chi connectivity index (χ1v) is 6.79. The summed E-state index contributed by atoms with van der Waals surface area (Å²) in [5.41, 5.74) is -0.422. The molecule has 0 bridgehead atoms. The standard InChI is InChI=1S/C13H6F6O2S/c14-11(15)9(21-10(20)12(16,17)13(11,18)19)7-5-22-8-4-2-1-3-6(7)8/h1-5,9H. The van der Waals surface area contributed by atoms with Gasteiger partial charge in [0.2, 0.25) is 0 Å². The van der Waals surface area contributed by atoms with Crippen molar-refractivity contribution < 1.29 is 35.9 Å². The Morgan fingerprint density at radius 3 is 2.36 bits per heavy atom. The second-order valence-corrected chi connectivity index (χ2v) is 5.66. The molecule has 3 rings (SSSR count). The lowest BCUT2D eigenvalue weighted by Gasteiger charge is -2.40. The van der Waals surface area contributed by atoms with Crippen molar-refractivity contribution in [3.05, 3.63) is 35.2 Å². The van der Waals surface area contributed by atoms with Crippen molar-refractivity contribution in [2.75, 3.05) is 0 Å². The number of carbonyl (C=O) groups excluding carboxylic acids is 1. The van der Waals surface area contributed by atoms with Crippen LogP contribution < -0.4 is 0 Å². The number of halogens is 6. The van der Waals surface area contributed by atoms with Crippen LogP contribution in [0.1, 0.15) is 11.7 Å². The molecule has 0 amide bonds. The highest BCUT2D eigenvalue weighted by atomic mass is 32.1. The van der Waals surface area contributed by atoms with E-state index in [0.29, 0.717) is 4.70 Å². The molecule has 1 aromatic heterocycles. The van der Waals surface area contributed by atoms with Crippen molar-refractivity contribution in [3.8, 4) is 0 Å². The maximum Gasteiger partial charge on any atom is 0.410 e. The largest absolute Gasteiger partial charge is 0.446 e. The van der Waals surface area contributed by atoms with Crippen LogP contribution >= 0.6 is 11.3 Å². The molecule has 1 aliphatic heterocycles. The van der Waals surface area contributed by atoms with Crippen LogP contribution in [0.4, 0.5) is 26.3 Å². The van der Waals surface area contributed by atoms with Gasteiger partial charge in [-0.15, -0.1) is 11.3 Å². The first-order chi connectivity index (χ1) is 10.1. The highest BCUT2D eigenvalue weighted by Crippen LogP contribution is 2.57. The van der Waals surface area contributed by atoms with E-state index >= 15 is 0 Å². The van der Waals surface area contributed by atoms with Gasteiger partial charge in [-0.05, 0) is 16.8 Å². The fourth-order valence-corrected chi connectivity index (χ4v) is 3.19. The van der Waals surface area contributed by atoms with Crippen molar-refractivity contribution in [2.45, 2.75) is 23.9 Å². The average Bonchev–Trinajstić information content (AvgIpc) is 2.86. The van der Waals surface area contributed by atoms with Crippen LogP contribution in [-0.4, -0.2) is 23.7 Å². The Morgan fingerprint density at radius 1 is 1.05 bits per heavy atom. The van der Waals surface area contributed by atoms with E-state index in [9.17, 15) is 31.1 Å². The van der Waals surface area contributed by atoms with Gasteiger partial charge in [-0.1, -0.05) is 18.2 Å². The van der Waals surface area contributed by atoms with Gasteiger partial charge < -0.3 is 4.74 Å². The summed E-state index contributed by atoms with van der Waals surface area (Å²) < 4.78 is 85.4. The quantitative estimate of drug-likeness (QED) is 0.568. The zero-order valence-electron chi connectivity index (χ0n) is 10.5. The Morgan fingerprint density at radius 2 is 1.68 bits per heavy atom. The Kier molecular flexibility index (Phi) is 3.01. The number of alkyl halides is 6. The molecule has 0 radical (unpaired) electrons. The minimum Gasteiger partial charge on any atom is -0.446 e. The number of ether oxygens (including phenoxy) is 1. The van der Waals surface area contributed by atoms with Crippen LogP contribution in [0.25, 0.3) is 10.1 Å². The van der Waals surface area contributed by atoms with Gasteiger partial charge in [-0.25, -0.2) is 4.79 Å². The molecule has 1 aromatic carbocycles. The van der Waals surface area contributed by atoms with E-state index in [0.717, 1.165) is 16.7 Å². The molecule has 2 aromatic rings. The summed E-state index contributed by atoms with van der Waals surface area (Å²) in [6.07, 6.45) is -2.77. The Labute approximate surface area is 123 Å². The molecule has 1 unspecified atom stereocenters. The normalized spacial score (nSPS) is 25.9. The summed E-state index contributed by atoms with van der Waals surface area (Å²) in [4.78, 5) is 11.1. The highest BCUT2D eigenvalue weighted by Gasteiger charge is 2.82. The maximum atomic E-state index is 13.9. The molecular formula is C13H6F6O2S. The summed E-state index contributed by atoms with van der Waals surface area (Å²) in [5.74, 6) is -19.3. The molecule has 0 N–H and O–H groups in total. The van der Waals surface area contributed by atoms with Crippen molar-refractivity contribution in [2.24, 2.45) is 0 Å². The van der Waals surface area contributed by atoms with Gasteiger partial charge in [-0.3, -0.25) is 0 Å². The van der Waals surface area contributed by atoms with Crippen molar-refractivity contribution in [1.82, 2.24) is 0 Å². The third kappa shape index (κ3) is 1.71. The zero-order chi connectivity index (χ0) is 16.3. The van der Waals surface area contributed by atoms with Crippen molar-refractivity contribution in [3.63, 3.8) is 0 Å². The smallest absolute Gasteiger partial charge is 0.410 e. The van der Waals surface area contributed by atoms with E-state index in [1.54, 1.807) is 12.1 Å². The van der Waals surface area contributed by atoms with E-state index in [1.807, 2.05) is 0 Å². The van der Waals surface area contributed by atoms with Crippen LogP contribution in [-0.2, 0) is 9.53 Å². The molecule has 118 valence electrons. The van der Waals surface area contributed by atoms with E-state index in [-0.39, 0.29) is 5.39 Å². The molecular weight excluding hydrogens is 334 g/mol. The monoisotopic (exact) mass is 340 g/mol. The Balaban J connectivity index is 2.17. The van der Waals surface area contributed by atoms with Gasteiger partial charge in [0.05, 0.1) is 0 Å². The summed E-state index contributed by atoms with van der Waals surface area (Å²) >= 11 is 0.953. The van der Waals surface area contributed by atoms with Crippen LogP contribution in [0.2, 0.25) is 0 Å². The molecule has 1 fully saturated rings. The van der Waals surface area contributed by atoms with Gasteiger partial charge in [0.25, 0.3) is 0 Å². The number of cyclic esters (lactones) is 1. The SMILES string of the molecule is O=C1OC(c2csc3ccccc23)C(F)(F)C(F)(F)C1(F)F. The lowest BCUT2D eigenvalue weighted by atomic mass is 9.91. The molecule has 1 saturated heterocycles. The molecule has 1 aliphatic rings. The molecule has 2 nitrogen and oxygen atoms in total.